The van der Waals surface area contributed by atoms with Gasteiger partial charge in [-0.1, -0.05) is 30.3 Å². The van der Waals surface area contributed by atoms with Gasteiger partial charge in [0, 0.05) is 25.9 Å². The highest BCUT2D eigenvalue weighted by molar-refractivity contribution is 14.0. The van der Waals surface area contributed by atoms with Crippen molar-refractivity contribution in [2.75, 3.05) is 20.2 Å². The van der Waals surface area contributed by atoms with Gasteiger partial charge in [0.15, 0.2) is 5.96 Å². The van der Waals surface area contributed by atoms with Crippen molar-refractivity contribution in [2.24, 2.45) is 4.99 Å². The molecule has 0 bridgehead atoms. The highest BCUT2D eigenvalue weighted by atomic mass is 127. The van der Waals surface area contributed by atoms with Crippen molar-refractivity contribution in [1.29, 1.82) is 0 Å². The quantitative estimate of drug-likeness (QED) is 0.288. The summed E-state index contributed by atoms with van der Waals surface area (Å²) in [6.07, 6.45) is -3.65. The maximum atomic E-state index is 12.4. The fourth-order valence-electron chi connectivity index (χ4n) is 1.96. The lowest BCUT2D eigenvalue weighted by Crippen LogP contribution is -2.38. The van der Waals surface area contributed by atoms with Gasteiger partial charge in [-0.15, -0.1) is 24.0 Å². The van der Waals surface area contributed by atoms with Gasteiger partial charge >= 0.3 is 6.18 Å². The van der Waals surface area contributed by atoms with Gasteiger partial charge in [0.2, 0.25) is 5.88 Å². The van der Waals surface area contributed by atoms with Crippen LogP contribution in [0.5, 0.6) is 5.88 Å². The molecule has 0 spiro atoms. The topological polar surface area (TPSA) is 58.5 Å². The summed E-state index contributed by atoms with van der Waals surface area (Å²) in [5.74, 6) is 0.745. The number of benzene rings is 1. The summed E-state index contributed by atoms with van der Waals surface area (Å²) < 4.78 is 42.6. The van der Waals surface area contributed by atoms with E-state index in [1.54, 1.807) is 7.05 Å². The molecule has 1 aromatic carbocycles. The van der Waals surface area contributed by atoms with E-state index in [1.165, 1.54) is 6.07 Å². The Bertz CT molecular complexity index is 679. The van der Waals surface area contributed by atoms with Gasteiger partial charge in [-0.3, -0.25) is 4.99 Å². The van der Waals surface area contributed by atoms with Crippen LogP contribution in [0, 0.1) is 0 Å². The monoisotopic (exact) mass is 480 g/mol. The van der Waals surface area contributed by atoms with Gasteiger partial charge in [-0.25, -0.2) is 4.98 Å². The third-order valence-corrected chi connectivity index (χ3v) is 3.23. The van der Waals surface area contributed by atoms with Crippen LogP contribution in [0.3, 0.4) is 0 Å². The number of alkyl halides is 3. The molecule has 0 aliphatic heterocycles. The average molecular weight is 480 g/mol. The van der Waals surface area contributed by atoms with Crippen LogP contribution in [0.4, 0.5) is 13.2 Å². The number of aromatic nitrogens is 1. The van der Waals surface area contributed by atoms with Crippen LogP contribution in [-0.2, 0) is 12.7 Å². The number of hydrogen-bond acceptors (Lipinski definition) is 3. The standard InChI is InChI=1S/C17H19F3N4O.HI/c1-21-16(24-11-13-5-3-2-4-6-13)22-9-10-25-15-8-7-14(12-23-15)17(18,19)20;/h2-8,12H,9-11H2,1H3,(H2,21,22,24);1H. The van der Waals surface area contributed by atoms with Crippen molar-refractivity contribution in [2.45, 2.75) is 12.7 Å². The SMILES string of the molecule is CN=C(NCCOc1ccc(C(F)(F)F)cn1)NCc1ccccc1.I. The van der Waals surface area contributed by atoms with Crippen LogP contribution in [-0.4, -0.2) is 31.1 Å². The van der Waals surface area contributed by atoms with E-state index in [1.807, 2.05) is 30.3 Å². The molecule has 9 heteroatoms. The minimum atomic E-state index is -4.40. The number of guanidine groups is 1. The molecule has 0 atom stereocenters. The highest BCUT2D eigenvalue weighted by Crippen LogP contribution is 2.29. The van der Waals surface area contributed by atoms with E-state index < -0.39 is 11.7 Å². The summed E-state index contributed by atoms with van der Waals surface area (Å²) in [7, 11) is 1.65. The number of pyridine rings is 1. The van der Waals surface area contributed by atoms with E-state index in [4.69, 9.17) is 4.74 Å². The largest absolute Gasteiger partial charge is 0.476 e. The number of nitrogens with one attached hydrogen (secondary N) is 2. The molecular formula is C17H20F3IN4O. The van der Waals surface area contributed by atoms with E-state index in [0.29, 0.717) is 19.0 Å². The normalized spacial score (nSPS) is 11.5. The van der Waals surface area contributed by atoms with Crippen LogP contribution >= 0.6 is 24.0 Å². The summed E-state index contributed by atoms with van der Waals surface area (Å²) in [6.45, 7) is 1.30. The first-order chi connectivity index (χ1) is 12.0. The van der Waals surface area contributed by atoms with E-state index in [2.05, 4.69) is 20.6 Å². The number of nitrogens with zero attached hydrogens (tertiary/aromatic N) is 2. The number of rotatable bonds is 6. The summed E-state index contributed by atoms with van der Waals surface area (Å²) in [5, 5.41) is 6.20. The lowest BCUT2D eigenvalue weighted by Gasteiger charge is -2.12. The molecular weight excluding hydrogens is 460 g/mol. The summed E-state index contributed by atoms with van der Waals surface area (Å²) in [6, 6.07) is 12.0. The van der Waals surface area contributed by atoms with Crippen LogP contribution in [0.1, 0.15) is 11.1 Å². The first kappa shape index (κ1) is 22.0. The maximum Gasteiger partial charge on any atom is 0.417 e. The first-order valence-electron chi connectivity index (χ1n) is 7.63. The average Bonchev–Trinajstić information content (AvgIpc) is 2.61. The van der Waals surface area contributed by atoms with Gasteiger partial charge in [0.1, 0.15) is 6.61 Å². The van der Waals surface area contributed by atoms with E-state index >= 15 is 0 Å². The molecule has 0 amide bonds. The molecule has 2 aromatic rings. The second kappa shape index (κ2) is 10.8. The van der Waals surface area contributed by atoms with Gasteiger partial charge in [-0.2, -0.15) is 13.2 Å². The predicted octanol–water partition coefficient (Wildman–Crippen LogP) is 3.46. The number of halogens is 4. The lowest BCUT2D eigenvalue weighted by atomic mass is 10.2. The Labute approximate surface area is 167 Å². The van der Waals surface area contributed by atoms with Crippen molar-refractivity contribution in [3.63, 3.8) is 0 Å². The van der Waals surface area contributed by atoms with Crippen molar-refractivity contribution in [1.82, 2.24) is 15.6 Å². The third-order valence-electron chi connectivity index (χ3n) is 3.23. The van der Waals surface area contributed by atoms with Gasteiger partial charge in [0.25, 0.3) is 0 Å². The molecule has 2 N–H and O–H groups in total. The fourth-order valence-corrected chi connectivity index (χ4v) is 1.96. The van der Waals surface area contributed by atoms with E-state index in [9.17, 15) is 13.2 Å². The molecule has 0 fully saturated rings. The zero-order valence-corrected chi connectivity index (χ0v) is 16.4. The van der Waals surface area contributed by atoms with Crippen LogP contribution in [0.2, 0.25) is 0 Å². The molecule has 0 aliphatic carbocycles. The van der Waals surface area contributed by atoms with Crippen LogP contribution in [0.15, 0.2) is 53.7 Å². The molecule has 142 valence electrons. The maximum absolute atomic E-state index is 12.4. The van der Waals surface area contributed by atoms with Gasteiger partial charge in [-0.05, 0) is 11.6 Å². The molecule has 0 saturated carbocycles. The minimum Gasteiger partial charge on any atom is -0.476 e. The molecule has 0 saturated heterocycles. The van der Waals surface area contributed by atoms with Crippen molar-refractivity contribution in [3.05, 3.63) is 59.8 Å². The molecule has 2 rings (SSSR count). The van der Waals surface area contributed by atoms with Crippen molar-refractivity contribution in [3.8, 4) is 5.88 Å². The van der Waals surface area contributed by atoms with Crippen LogP contribution in [0.25, 0.3) is 0 Å². The van der Waals surface area contributed by atoms with E-state index in [-0.39, 0.29) is 36.5 Å². The molecule has 0 radical (unpaired) electrons. The molecule has 0 unspecified atom stereocenters. The second-order valence-electron chi connectivity index (χ2n) is 5.07. The minimum absolute atomic E-state index is 0. The number of aliphatic imine (C=N–C) groups is 1. The van der Waals surface area contributed by atoms with E-state index in [0.717, 1.165) is 17.8 Å². The zero-order chi connectivity index (χ0) is 18.1. The Kier molecular flexibility index (Phi) is 9.17. The summed E-state index contributed by atoms with van der Waals surface area (Å²) >= 11 is 0. The van der Waals surface area contributed by atoms with Crippen molar-refractivity contribution < 1.29 is 17.9 Å². The zero-order valence-electron chi connectivity index (χ0n) is 14.1. The Morgan fingerprint density at radius 1 is 1.12 bits per heavy atom. The smallest absolute Gasteiger partial charge is 0.417 e. The Balaban J connectivity index is 0.00000338. The number of hydrogen-bond donors (Lipinski definition) is 2. The first-order valence-corrected chi connectivity index (χ1v) is 7.63. The summed E-state index contributed by atoms with van der Waals surface area (Å²) in [4.78, 5) is 7.73. The van der Waals surface area contributed by atoms with Gasteiger partial charge in [0.05, 0.1) is 12.1 Å². The van der Waals surface area contributed by atoms with Gasteiger partial charge < -0.3 is 15.4 Å². The summed E-state index contributed by atoms with van der Waals surface area (Å²) in [5.41, 5.74) is 0.319. The number of ether oxygens (including phenoxy) is 1. The lowest BCUT2D eigenvalue weighted by molar-refractivity contribution is -0.137. The Hall–Kier alpha value is -2.04. The second-order valence-corrected chi connectivity index (χ2v) is 5.07. The predicted molar refractivity (Wildman–Crippen MR) is 105 cm³/mol. The van der Waals surface area contributed by atoms with Crippen molar-refractivity contribution >= 4 is 29.9 Å². The molecule has 1 heterocycles. The fraction of sp³-hybridized carbons (Fsp3) is 0.294. The molecule has 26 heavy (non-hydrogen) atoms. The Morgan fingerprint density at radius 3 is 2.42 bits per heavy atom. The molecule has 0 aliphatic rings. The molecule has 5 nitrogen and oxygen atoms in total. The molecule has 1 aromatic heterocycles. The van der Waals surface area contributed by atoms with Crippen LogP contribution < -0.4 is 15.4 Å². The Morgan fingerprint density at radius 2 is 1.85 bits per heavy atom. The third kappa shape index (κ3) is 7.46. The highest BCUT2D eigenvalue weighted by Gasteiger charge is 2.30.